The van der Waals surface area contributed by atoms with Gasteiger partial charge in [0.25, 0.3) is 0 Å². The number of amides is 1. The Labute approximate surface area is 142 Å². The number of nitrogens with zero attached hydrogens (tertiary/aromatic N) is 1. The number of fused-ring (bicyclic) bond motifs is 1. The van der Waals surface area contributed by atoms with Gasteiger partial charge < -0.3 is 15.4 Å². The normalized spacial score (nSPS) is 15.7. The summed E-state index contributed by atoms with van der Waals surface area (Å²) >= 11 is 0. The Bertz CT molecular complexity index is 663. The van der Waals surface area contributed by atoms with Crippen LogP contribution < -0.4 is 15.4 Å². The van der Waals surface area contributed by atoms with E-state index >= 15 is 0 Å². The van der Waals surface area contributed by atoms with Crippen LogP contribution in [0.1, 0.15) is 18.5 Å². The summed E-state index contributed by atoms with van der Waals surface area (Å²) < 4.78 is 5.60. The lowest BCUT2D eigenvalue weighted by atomic mass is 9.94. The van der Waals surface area contributed by atoms with Crippen molar-refractivity contribution in [2.24, 2.45) is 11.7 Å². The molecule has 2 unspecified atom stereocenters. The molecular weight excluding hydrogens is 312 g/mol. The average Bonchev–Trinajstić information content (AvgIpc) is 2.60. The number of ether oxygens (including phenoxy) is 1. The molecule has 0 aliphatic carbocycles. The number of para-hydroxylation sites is 2. The van der Waals surface area contributed by atoms with E-state index < -0.39 is 0 Å². The number of carbonyl (C=O) groups excluding carboxylic acids is 1. The molecule has 2 aromatic carbocycles. The van der Waals surface area contributed by atoms with Crippen molar-refractivity contribution < 1.29 is 9.53 Å². The van der Waals surface area contributed by atoms with Crippen molar-refractivity contribution in [2.45, 2.75) is 13.0 Å². The number of rotatable bonds is 3. The Balaban J connectivity index is 0.00000192. The van der Waals surface area contributed by atoms with Crippen molar-refractivity contribution in [3.63, 3.8) is 0 Å². The summed E-state index contributed by atoms with van der Waals surface area (Å²) in [5, 5.41) is 0. The molecule has 122 valence electrons. The van der Waals surface area contributed by atoms with Gasteiger partial charge in [-0.05, 0) is 17.7 Å². The molecule has 4 nitrogen and oxygen atoms in total. The molecule has 5 heteroatoms. The molecule has 2 aromatic rings. The lowest BCUT2D eigenvalue weighted by molar-refractivity contribution is -0.122. The third kappa shape index (κ3) is 3.49. The summed E-state index contributed by atoms with van der Waals surface area (Å²) in [5.41, 5.74) is 8.09. The summed E-state index contributed by atoms with van der Waals surface area (Å²) in [6.45, 7) is 2.95. The molecule has 0 aromatic heterocycles. The molecule has 23 heavy (non-hydrogen) atoms. The molecule has 0 saturated heterocycles. The highest BCUT2D eigenvalue weighted by Gasteiger charge is 2.30. The van der Waals surface area contributed by atoms with Crippen molar-refractivity contribution >= 4 is 24.0 Å². The van der Waals surface area contributed by atoms with Crippen LogP contribution in [-0.4, -0.2) is 19.1 Å². The molecule has 3 rings (SSSR count). The molecular formula is C18H21ClN2O2. The van der Waals surface area contributed by atoms with Gasteiger partial charge in [-0.25, -0.2) is 0 Å². The van der Waals surface area contributed by atoms with Crippen molar-refractivity contribution in [3.8, 4) is 5.75 Å². The van der Waals surface area contributed by atoms with E-state index in [-0.39, 0.29) is 30.3 Å². The summed E-state index contributed by atoms with van der Waals surface area (Å²) in [5.74, 6) is 0.489. The van der Waals surface area contributed by atoms with Gasteiger partial charge in [-0.3, -0.25) is 4.79 Å². The van der Waals surface area contributed by atoms with Crippen LogP contribution in [0.25, 0.3) is 0 Å². The van der Waals surface area contributed by atoms with E-state index in [1.54, 1.807) is 4.90 Å². The second-order valence-electron chi connectivity index (χ2n) is 5.53. The fourth-order valence-corrected chi connectivity index (χ4v) is 2.76. The van der Waals surface area contributed by atoms with Gasteiger partial charge in [-0.1, -0.05) is 49.4 Å². The maximum Gasteiger partial charge on any atom is 0.231 e. The van der Waals surface area contributed by atoms with Gasteiger partial charge in [0.2, 0.25) is 5.91 Å². The van der Waals surface area contributed by atoms with Crippen LogP contribution in [0.3, 0.4) is 0 Å². The molecule has 2 atom stereocenters. The van der Waals surface area contributed by atoms with Crippen LogP contribution in [0.4, 0.5) is 5.69 Å². The Hall–Kier alpha value is -2.04. The lowest BCUT2D eigenvalue weighted by Gasteiger charge is -2.32. The lowest BCUT2D eigenvalue weighted by Crippen LogP contribution is -2.43. The predicted octanol–water partition coefficient (Wildman–Crippen LogP) is 3.17. The first-order chi connectivity index (χ1) is 10.7. The number of anilines is 1. The van der Waals surface area contributed by atoms with Crippen LogP contribution in [0, 0.1) is 5.92 Å². The quantitative estimate of drug-likeness (QED) is 0.939. The second-order valence-corrected chi connectivity index (χ2v) is 5.53. The van der Waals surface area contributed by atoms with Gasteiger partial charge in [-0.2, -0.15) is 0 Å². The van der Waals surface area contributed by atoms with E-state index in [2.05, 4.69) is 0 Å². The van der Waals surface area contributed by atoms with Gasteiger partial charge in [0.15, 0.2) is 0 Å². The molecule has 1 amide bonds. The number of hydrogen-bond donors (Lipinski definition) is 1. The highest BCUT2D eigenvalue weighted by molar-refractivity contribution is 5.97. The SMILES string of the molecule is CC(C(=O)N1CCOc2ccccc21)C(N)c1ccccc1.Cl. The minimum atomic E-state index is -0.316. The van der Waals surface area contributed by atoms with E-state index in [0.717, 1.165) is 17.0 Å². The highest BCUT2D eigenvalue weighted by Crippen LogP contribution is 2.33. The maximum absolute atomic E-state index is 12.9. The highest BCUT2D eigenvalue weighted by atomic mass is 35.5. The average molecular weight is 333 g/mol. The Kier molecular flexibility index (Phi) is 5.64. The molecule has 1 aliphatic rings. The largest absolute Gasteiger partial charge is 0.490 e. The fraction of sp³-hybridized carbons (Fsp3) is 0.278. The molecule has 0 radical (unpaired) electrons. The van der Waals surface area contributed by atoms with Crippen molar-refractivity contribution in [1.82, 2.24) is 0 Å². The van der Waals surface area contributed by atoms with E-state index in [1.807, 2.05) is 61.5 Å². The van der Waals surface area contributed by atoms with Crippen molar-refractivity contribution in [2.75, 3.05) is 18.1 Å². The topological polar surface area (TPSA) is 55.6 Å². The zero-order valence-corrected chi connectivity index (χ0v) is 13.8. The van der Waals surface area contributed by atoms with Gasteiger partial charge >= 0.3 is 0 Å². The zero-order chi connectivity index (χ0) is 15.5. The monoisotopic (exact) mass is 332 g/mol. The molecule has 0 fully saturated rings. The van der Waals surface area contributed by atoms with Gasteiger partial charge in [-0.15, -0.1) is 12.4 Å². The van der Waals surface area contributed by atoms with E-state index in [9.17, 15) is 4.79 Å². The van der Waals surface area contributed by atoms with Crippen LogP contribution >= 0.6 is 12.4 Å². The second kappa shape index (κ2) is 7.49. The van der Waals surface area contributed by atoms with Gasteiger partial charge in [0, 0.05) is 6.04 Å². The summed E-state index contributed by atoms with van der Waals surface area (Å²) in [6, 6.07) is 17.0. The number of hydrogen-bond acceptors (Lipinski definition) is 3. The van der Waals surface area contributed by atoms with E-state index in [4.69, 9.17) is 10.5 Å². The Morgan fingerprint density at radius 2 is 1.78 bits per heavy atom. The molecule has 0 saturated carbocycles. The minimum absolute atomic E-state index is 0. The summed E-state index contributed by atoms with van der Waals surface area (Å²) in [7, 11) is 0. The van der Waals surface area contributed by atoms with Gasteiger partial charge in [0.1, 0.15) is 12.4 Å². The van der Waals surface area contributed by atoms with Crippen LogP contribution in [-0.2, 0) is 4.79 Å². The number of benzene rings is 2. The first-order valence-electron chi connectivity index (χ1n) is 7.52. The van der Waals surface area contributed by atoms with Crippen molar-refractivity contribution in [3.05, 3.63) is 60.2 Å². The third-order valence-electron chi connectivity index (χ3n) is 4.11. The van der Waals surface area contributed by atoms with Crippen LogP contribution in [0.5, 0.6) is 5.75 Å². The molecule has 1 heterocycles. The maximum atomic E-state index is 12.9. The van der Waals surface area contributed by atoms with E-state index in [1.165, 1.54) is 0 Å². The van der Waals surface area contributed by atoms with Crippen LogP contribution in [0.2, 0.25) is 0 Å². The smallest absolute Gasteiger partial charge is 0.231 e. The van der Waals surface area contributed by atoms with Gasteiger partial charge in [0.05, 0.1) is 18.2 Å². The fourth-order valence-electron chi connectivity index (χ4n) is 2.76. The first kappa shape index (κ1) is 17.3. The summed E-state index contributed by atoms with van der Waals surface area (Å²) in [4.78, 5) is 14.6. The Morgan fingerprint density at radius 1 is 1.13 bits per heavy atom. The Morgan fingerprint density at radius 3 is 2.52 bits per heavy atom. The first-order valence-corrected chi connectivity index (χ1v) is 7.52. The minimum Gasteiger partial charge on any atom is -0.490 e. The molecule has 0 bridgehead atoms. The predicted molar refractivity (Wildman–Crippen MR) is 94.1 cm³/mol. The molecule has 1 aliphatic heterocycles. The molecule has 2 N–H and O–H groups in total. The molecule has 0 spiro atoms. The van der Waals surface area contributed by atoms with E-state index in [0.29, 0.717) is 13.2 Å². The standard InChI is InChI=1S/C18H20N2O2.ClH/c1-13(17(19)14-7-3-2-4-8-14)18(21)20-11-12-22-16-10-6-5-9-15(16)20;/h2-10,13,17H,11-12,19H2,1H3;1H. The number of halogens is 1. The van der Waals surface area contributed by atoms with Crippen LogP contribution in [0.15, 0.2) is 54.6 Å². The third-order valence-corrected chi connectivity index (χ3v) is 4.11. The number of nitrogens with two attached hydrogens (primary N) is 1. The number of carbonyl (C=O) groups is 1. The zero-order valence-electron chi connectivity index (χ0n) is 13.0. The summed E-state index contributed by atoms with van der Waals surface area (Å²) in [6.07, 6.45) is 0. The van der Waals surface area contributed by atoms with Crippen molar-refractivity contribution in [1.29, 1.82) is 0 Å².